The molecule has 0 heterocycles. The molecule has 0 fully saturated rings. The fraction of sp³-hybridized carbons (Fsp3) is 0.158. The largest absolute Gasteiger partial charge is 0.481 e. The van der Waals surface area contributed by atoms with Gasteiger partial charge in [0.2, 0.25) is 10.0 Å². The number of sulfonamides is 1. The Balaban J connectivity index is 0.00000111. The molecule has 1 atom stereocenters. The minimum Gasteiger partial charge on any atom is -0.481 e. The summed E-state index contributed by atoms with van der Waals surface area (Å²) >= 11 is 0. The molecule has 0 spiro atoms. The lowest BCUT2D eigenvalue weighted by molar-refractivity contribution is -0.145. The Morgan fingerprint density at radius 1 is 0.971 bits per heavy atom. The number of carboxylic acid groups (broad SMARTS) is 2. The van der Waals surface area contributed by atoms with Crippen molar-refractivity contribution in [3.8, 4) is 5.75 Å². The summed E-state index contributed by atoms with van der Waals surface area (Å²) < 4.78 is 57.4. The number of amidine groups is 1. The van der Waals surface area contributed by atoms with Gasteiger partial charge in [0.15, 0.2) is 0 Å². The summed E-state index contributed by atoms with van der Waals surface area (Å²) in [6.45, 7) is 0. The summed E-state index contributed by atoms with van der Waals surface area (Å²) in [5, 5.41) is 25.0. The summed E-state index contributed by atoms with van der Waals surface area (Å²) in [6.07, 6.45) is -0.228. The van der Waals surface area contributed by atoms with Crippen LogP contribution in [0.2, 0.25) is 0 Å². The van der Waals surface area contributed by atoms with Crippen molar-refractivity contribution in [3.05, 3.63) is 59.7 Å². The van der Waals surface area contributed by atoms with Crippen LogP contribution in [0.15, 0.2) is 53.4 Å². The Bertz CT molecular complexity index is 1300. The highest BCUT2D eigenvalue weighted by Gasteiger charge is 2.27. The summed E-state index contributed by atoms with van der Waals surface area (Å²) in [6, 6.07) is 8.42. The second-order valence-corrected chi connectivity index (χ2v) is 9.87. The zero-order chi connectivity index (χ0) is 27.0. The van der Waals surface area contributed by atoms with E-state index in [2.05, 4.69) is 0 Å². The number of aliphatic carboxylic acids is 2. The lowest BCUT2D eigenvalue weighted by atomic mass is 10.2. The second kappa shape index (κ2) is 12.0. The van der Waals surface area contributed by atoms with Crippen LogP contribution in [-0.4, -0.2) is 67.6 Å². The maximum Gasteiger partial charge on any atom is 0.343 e. The molecule has 2 aromatic rings. The van der Waals surface area contributed by atoms with Crippen molar-refractivity contribution in [3.63, 3.8) is 0 Å². The predicted molar refractivity (Wildman–Crippen MR) is 120 cm³/mol. The van der Waals surface area contributed by atoms with E-state index >= 15 is 0 Å². The lowest BCUT2D eigenvalue weighted by Crippen LogP contribution is -2.42. The molecule has 0 saturated carbocycles. The number of nitrogens with two attached hydrogens (primary N) is 1. The van der Waals surface area contributed by atoms with E-state index in [0.717, 1.165) is 24.3 Å². The molecule has 0 aliphatic rings. The van der Waals surface area contributed by atoms with Gasteiger partial charge in [0.25, 0.3) is 10.1 Å². The number of carbonyl (C=O) groups excluding carboxylic acids is 1. The highest BCUT2D eigenvalue weighted by atomic mass is 32.2. The fourth-order valence-electron chi connectivity index (χ4n) is 2.25. The Kier molecular flexibility index (Phi) is 10.0. The molecule has 16 heteroatoms. The molecule has 190 valence electrons. The highest BCUT2D eigenvalue weighted by molar-refractivity contribution is 7.89. The predicted octanol–water partition coefficient (Wildman–Crippen LogP) is -0.0999. The van der Waals surface area contributed by atoms with Crippen LogP contribution in [-0.2, 0) is 29.7 Å². The zero-order valence-corrected chi connectivity index (χ0v) is 19.5. The standard InChI is InChI=1S/C18H17N3O8S.CH4O3S/c19-16(20)10-1-5-12(6-2-10)29-18(26)11-3-7-13(8-4-11)30(27,28)21-14(17(24)25)9-15(22)23;1-5(2,3)4/h1-8,14,21H,9H2,(H3,19,20)(H,22,23)(H,24,25);1H3,(H,2,3,4)/t14-;/m0./s1. The molecule has 0 aromatic heterocycles. The first-order valence-corrected chi connectivity index (χ1v) is 12.5. The molecule has 0 bridgehead atoms. The van der Waals surface area contributed by atoms with Crippen molar-refractivity contribution in [2.24, 2.45) is 5.73 Å². The number of hydrogen-bond acceptors (Lipinski definition) is 9. The molecule has 14 nitrogen and oxygen atoms in total. The molecule has 2 rings (SSSR count). The second-order valence-electron chi connectivity index (χ2n) is 6.69. The van der Waals surface area contributed by atoms with Crippen LogP contribution in [0.3, 0.4) is 0 Å². The minimum atomic E-state index is -4.34. The lowest BCUT2D eigenvalue weighted by Gasteiger charge is -2.13. The van der Waals surface area contributed by atoms with E-state index in [1.165, 1.54) is 24.3 Å². The molecular weight excluding hydrogens is 510 g/mol. The number of ether oxygens (including phenoxy) is 1. The molecular formula is C19H21N3O11S2. The average molecular weight is 532 g/mol. The molecule has 0 radical (unpaired) electrons. The molecule has 0 unspecified atom stereocenters. The van der Waals surface area contributed by atoms with Gasteiger partial charge in [-0.25, -0.2) is 13.2 Å². The maximum atomic E-state index is 12.3. The van der Waals surface area contributed by atoms with Crippen LogP contribution >= 0.6 is 0 Å². The van der Waals surface area contributed by atoms with Gasteiger partial charge in [0.05, 0.1) is 23.1 Å². The van der Waals surface area contributed by atoms with Gasteiger partial charge in [0.1, 0.15) is 17.6 Å². The smallest absolute Gasteiger partial charge is 0.343 e. The van der Waals surface area contributed by atoms with Crippen molar-refractivity contribution in [1.82, 2.24) is 4.72 Å². The number of carbonyl (C=O) groups is 3. The number of hydrogen-bond donors (Lipinski definition) is 6. The molecule has 0 amide bonds. The summed E-state index contributed by atoms with van der Waals surface area (Å²) in [7, 11) is -8.01. The number of benzene rings is 2. The first kappa shape index (κ1) is 29.2. The van der Waals surface area contributed by atoms with Crippen molar-refractivity contribution < 1.29 is 50.7 Å². The fourth-order valence-corrected chi connectivity index (χ4v) is 3.44. The molecule has 2 aromatic carbocycles. The van der Waals surface area contributed by atoms with Crippen LogP contribution in [0.1, 0.15) is 22.3 Å². The first-order valence-electron chi connectivity index (χ1n) is 9.15. The topological polar surface area (TPSA) is 251 Å². The van der Waals surface area contributed by atoms with Crippen LogP contribution in [0.5, 0.6) is 5.75 Å². The zero-order valence-electron chi connectivity index (χ0n) is 17.9. The van der Waals surface area contributed by atoms with Gasteiger partial charge in [-0.05, 0) is 48.5 Å². The van der Waals surface area contributed by atoms with E-state index in [1.54, 1.807) is 4.72 Å². The van der Waals surface area contributed by atoms with Gasteiger partial charge in [-0.15, -0.1) is 0 Å². The van der Waals surface area contributed by atoms with Crippen molar-refractivity contribution >= 4 is 43.9 Å². The average Bonchev–Trinajstić information content (AvgIpc) is 2.72. The normalized spacial score (nSPS) is 11.9. The third-order valence-corrected chi connectivity index (χ3v) is 5.24. The quantitative estimate of drug-likeness (QED) is 0.0815. The van der Waals surface area contributed by atoms with Gasteiger partial charge in [0, 0.05) is 5.56 Å². The Hall–Kier alpha value is -3.86. The van der Waals surface area contributed by atoms with E-state index in [9.17, 15) is 31.2 Å². The number of nitrogen functional groups attached to an aromatic ring is 1. The molecule has 0 aliphatic heterocycles. The summed E-state index contributed by atoms with van der Waals surface area (Å²) in [5.74, 6) is -3.87. The minimum absolute atomic E-state index is 0.0184. The molecule has 35 heavy (non-hydrogen) atoms. The Morgan fingerprint density at radius 3 is 1.83 bits per heavy atom. The van der Waals surface area contributed by atoms with Crippen LogP contribution in [0, 0.1) is 5.41 Å². The third-order valence-electron chi connectivity index (χ3n) is 3.75. The van der Waals surface area contributed by atoms with E-state index in [0.29, 0.717) is 11.8 Å². The van der Waals surface area contributed by atoms with Crippen LogP contribution in [0.25, 0.3) is 0 Å². The first-order chi connectivity index (χ1) is 16.0. The number of rotatable bonds is 9. The molecule has 7 N–H and O–H groups in total. The van der Waals surface area contributed by atoms with Crippen LogP contribution in [0.4, 0.5) is 0 Å². The monoisotopic (exact) mass is 531 g/mol. The highest BCUT2D eigenvalue weighted by Crippen LogP contribution is 2.16. The van der Waals surface area contributed by atoms with Crippen molar-refractivity contribution in [2.45, 2.75) is 17.4 Å². The van der Waals surface area contributed by atoms with Gasteiger partial charge in [-0.1, -0.05) is 0 Å². The van der Waals surface area contributed by atoms with E-state index in [-0.39, 0.29) is 22.0 Å². The van der Waals surface area contributed by atoms with Crippen LogP contribution < -0.4 is 15.2 Å². The van der Waals surface area contributed by atoms with Gasteiger partial charge < -0.3 is 20.7 Å². The molecule has 0 aliphatic carbocycles. The number of nitrogens with one attached hydrogen (secondary N) is 2. The van der Waals surface area contributed by atoms with E-state index in [4.69, 9.17) is 30.6 Å². The SMILES string of the molecule is CS(=O)(=O)O.N=C(N)c1ccc(OC(=O)c2ccc(S(=O)(=O)N[C@@H](CC(=O)O)C(=O)O)cc2)cc1. The van der Waals surface area contributed by atoms with Gasteiger partial charge >= 0.3 is 17.9 Å². The van der Waals surface area contributed by atoms with E-state index in [1.807, 2.05) is 0 Å². The Morgan fingerprint density at radius 2 is 1.43 bits per heavy atom. The van der Waals surface area contributed by atoms with Gasteiger partial charge in [-0.3, -0.25) is 19.6 Å². The molecule has 0 saturated heterocycles. The summed E-state index contributed by atoms with van der Waals surface area (Å²) in [4.78, 5) is 33.6. The summed E-state index contributed by atoms with van der Waals surface area (Å²) in [5.41, 5.74) is 5.80. The van der Waals surface area contributed by atoms with Crippen molar-refractivity contribution in [2.75, 3.05) is 6.26 Å². The Labute approximate surface area is 199 Å². The third kappa shape index (κ3) is 10.7. The number of esters is 1. The van der Waals surface area contributed by atoms with Gasteiger partial charge in [-0.2, -0.15) is 13.1 Å². The van der Waals surface area contributed by atoms with E-state index < -0.39 is 50.5 Å². The van der Waals surface area contributed by atoms with Crippen molar-refractivity contribution in [1.29, 1.82) is 5.41 Å². The number of carboxylic acids is 2. The maximum absolute atomic E-state index is 12.3.